The first-order valence-electron chi connectivity index (χ1n) is 13.3. The highest BCUT2D eigenvalue weighted by Gasteiger charge is 2.03. The third-order valence-corrected chi connectivity index (χ3v) is 8.37. The van der Waals surface area contributed by atoms with Gasteiger partial charge in [0.25, 0.3) is 0 Å². The lowest BCUT2D eigenvalue weighted by atomic mass is 10.1. The van der Waals surface area contributed by atoms with E-state index in [0.717, 1.165) is 51.6 Å². The quantitative estimate of drug-likeness (QED) is 0.110. The summed E-state index contributed by atoms with van der Waals surface area (Å²) in [4.78, 5) is 0. The standard InChI is InChI=1S/C18H16BrF.C11H12.C7H5BrFI/c1-3-4-14-5-7-15(8-6-14)9-10-16-12-18(20)17(19)11-13(16)2;1-3-5-11-8-6-10(4-2)7-9-11;1-4-2-5(8)3-6(9)7(4)10/h5-8,11-12H,3-4H2,1-2H3;2,6-9H,3,5H2,1H3;2-3H,1H3. The summed E-state index contributed by atoms with van der Waals surface area (Å²) in [5, 5.41) is 0. The van der Waals surface area contributed by atoms with Crippen LogP contribution in [0.25, 0.3) is 0 Å². The molecule has 0 aliphatic carbocycles. The van der Waals surface area contributed by atoms with E-state index in [4.69, 9.17) is 6.42 Å². The van der Waals surface area contributed by atoms with Crippen LogP contribution in [0.3, 0.4) is 0 Å². The predicted octanol–water partition coefficient (Wildman–Crippen LogP) is 11.4. The van der Waals surface area contributed by atoms with Gasteiger partial charge in [-0.1, -0.05) is 84.6 Å². The fourth-order valence-corrected chi connectivity index (χ4v) is 5.02. The Morgan fingerprint density at radius 3 is 1.73 bits per heavy atom. The summed E-state index contributed by atoms with van der Waals surface area (Å²) in [6.45, 7) is 8.15. The minimum absolute atomic E-state index is 0.160. The van der Waals surface area contributed by atoms with Crippen LogP contribution in [0.4, 0.5) is 8.78 Å². The van der Waals surface area contributed by atoms with Crippen molar-refractivity contribution in [3.05, 3.63) is 136 Å². The number of halogens is 5. The molecule has 0 saturated carbocycles. The van der Waals surface area contributed by atoms with Crippen molar-refractivity contribution >= 4 is 54.5 Å². The first kappa shape index (κ1) is 34.7. The first-order chi connectivity index (χ1) is 19.6. The summed E-state index contributed by atoms with van der Waals surface area (Å²) in [5.41, 5.74) is 7.26. The van der Waals surface area contributed by atoms with Crippen LogP contribution >= 0.6 is 54.5 Å². The number of hydrogen-bond donors (Lipinski definition) is 0. The molecule has 212 valence electrons. The van der Waals surface area contributed by atoms with Gasteiger partial charge in [0.05, 0.1) is 8.04 Å². The van der Waals surface area contributed by atoms with E-state index in [0.29, 0.717) is 8.04 Å². The van der Waals surface area contributed by atoms with Gasteiger partial charge >= 0.3 is 0 Å². The highest BCUT2D eigenvalue weighted by Crippen LogP contribution is 2.21. The second kappa shape index (κ2) is 18.2. The van der Waals surface area contributed by atoms with Gasteiger partial charge in [0.2, 0.25) is 0 Å². The van der Waals surface area contributed by atoms with E-state index >= 15 is 0 Å². The van der Waals surface area contributed by atoms with Gasteiger partial charge in [0.1, 0.15) is 11.6 Å². The highest BCUT2D eigenvalue weighted by atomic mass is 127. The first-order valence-corrected chi connectivity index (χ1v) is 16.0. The lowest BCUT2D eigenvalue weighted by molar-refractivity contribution is 0.618. The van der Waals surface area contributed by atoms with E-state index in [1.54, 1.807) is 6.07 Å². The largest absolute Gasteiger partial charge is 0.206 e. The van der Waals surface area contributed by atoms with Gasteiger partial charge in [0.15, 0.2) is 0 Å². The molecular weight excluding hydrogens is 757 g/mol. The van der Waals surface area contributed by atoms with Crippen LogP contribution in [0.5, 0.6) is 0 Å². The number of rotatable bonds is 4. The lowest BCUT2D eigenvalue weighted by Crippen LogP contribution is -1.87. The molecular formula is C36H33Br2F2I. The van der Waals surface area contributed by atoms with Crippen LogP contribution in [0.15, 0.2) is 81.7 Å². The summed E-state index contributed by atoms with van der Waals surface area (Å²) in [7, 11) is 0. The maximum atomic E-state index is 13.5. The van der Waals surface area contributed by atoms with Crippen LogP contribution < -0.4 is 0 Å². The molecule has 0 saturated heterocycles. The van der Waals surface area contributed by atoms with Crippen LogP contribution in [0.1, 0.15) is 65.6 Å². The molecule has 4 rings (SSSR count). The minimum atomic E-state index is -0.279. The van der Waals surface area contributed by atoms with Crippen molar-refractivity contribution in [1.82, 2.24) is 0 Å². The molecule has 0 fully saturated rings. The summed E-state index contributed by atoms with van der Waals surface area (Å²) in [6, 6.07) is 23.0. The molecule has 0 unspecified atom stereocenters. The molecule has 5 heteroatoms. The zero-order chi connectivity index (χ0) is 30.4. The van der Waals surface area contributed by atoms with Crippen LogP contribution in [-0.4, -0.2) is 0 Å². The van der Waals surface area contributed by atoms with Crippen LogP contribution in [0, 0.1) is 53.2 Å². The number of terminal acetylenes is 1. The molecule has 0 atom stereocenters. The number of benzene rings is 4. The SMILES string of the molecule is C#Cc1ccc(CCC)cc1.CCCc1ccc(C#Cc2cc(F)c(Br)cc2C)cc1.Cc1cc(Br)cc(F)c1I. The van der Waals surface area contributed by atoms with Gasteiger partial charge in [-0.3, -0.25) is 0 Å². The van der Waals surface area contributed by atoms with E-state index in [-0.39, 0.29) is 11.6 Å². The van der Waals surface area contributed by atoms with Crippen molar-refractivity contribution < 1.29 is 8.78 Å². The summed E-state index contributed by atoms with van der Waals surface area (Å²) in [6.07, 6.45) is 9.79. The zero-order valence-electron chi connectivity index (χ0n) is 23.7. The zero-order valence-corrected chi connectivity index (χ0v) is 29.1. The fraction of sp³-hybridized carbons (Fsp3) is 0.222. The highest BCUT2D eigenvalue weighted by molar-refractivity contribution is 14.1. The third-order valence-electron chi connectivity index (χ3n) is 5.94. The Bertz CT molecular complexity index is 1500. The monoisotopic (exact) mass is 788 g/mol. The molecule has 0 spiro atoms. The lowest BCUT2D eigenvalue weighted by Gasteiger charge is -2.01. The average molecular weight is 790 g/mol. The van der Waals surface area contributed by atoms with Gasteiger partial charge in [0, 0.05) is 21.2 Å². The van der Waals surface area contributed by atoms with Gasteiger partial charge in [-0.15, -0.1) is 6.42 Å². The van der Waals surface area contributed by atoms with Crippen molar-refractivity contribution in [1.29, 1.82) is 0 Å². The fourth-order valence-electron chi connectivity index (χ4n) is 3.70. The van der Waals surface area contributed by atoms with Gasteiger partial charge in [-0.2, -0.15) is 0 Å². The minimum Gasteiger partial charge on any atom is -0.206 e. The second-order valence-corrected chi connectivity index (χ2v) is 12.2. The molecule has 0 heterocycles. The van der Waals surface area contributed by atoms with Gasteiger partial charge in [-0.05, 0) is 136 Å². The van der Waals surface area contributed by atoms with Crippen molar-refractivity contribution in [3.8, 4) is 24.2 Å². The average Bonchev–Trinajstić information content (AvgIpc) is 2.95. The Kier molecular flexibility index (Phi) is 15.4. The molecule has 0 amide bonds. The van der Waals surface area contributed by atoms with Crippen LogP contribution in [-0.2, 0) is 12.8 Å². The van der Waals surface area contributed by atoms with Crippen molar-refractivity contribution in [2.75, 3.05) is 0 Å². The Hall–Kier alpha value is -2.45. The molecule has 0 radical (unpaired) electrons. The van der Waals surface area contributed by atoms with Crippen molar-refractivity contribution in [2.24, 2.45) is 0 Å². The molecule has 0 aliphatic heterocycles. The Balaban J connectivity index is 0.000000236. The summed E-state index contributed by atoms with van der Waals surface area (Å²) >= 11 is 8.37. The Morgan fingerprint density at radius 1 is 0.707 bits per heavy atom. The Labute approximate surface area is 274 Å². The molecule has 4 aromatic rings. The van der Waals surface area contributed by atoms with E-state index in [9.17, 15) is 8.78 Å². The van der Waals surface area contributed by atoms with E-state index < -0.39 is 0 Å². The normalized spacial score (nSPS) is 9.76. The molecule has 4 aromatic carbocycles. The van der Waals surface area contributed by atoms with Crippen molar-refractivity contribution in [2.45, 2.75) is 53.4 Å². The maximum absolute atomic E-state index is 13.5. The Morgan fingerprint density at radius 2 is 1.24 bits per heavy atom. The van der Waals surface area contributed by atoms with E-state index in [1.165, 1.54) is 29.7 Å². The topological polar surface area (TPSA) is 0 Å². The third kappa shape index (κ3) is 12.1. The van der Waals surface area contributed by atoms with Crippen molar-refractivity contribution in [3.63, 3.8) is 0 Å². The molecule has 0 N–H and O–H groups in total. The smallest absolute Gasteiger partial charge is 0.138 e. The number of hydrogen-bond acceptors (Lipinski definition) is 0. The molecule has 0 bridgehead atoms. The maximum Gasteiger partial charge on any atom is 0.138 e. The second-order valence-electron chi connectivity index (χ2n) is 9.39. The summed E-state index contributed by atoms with van der Waals surface area (Å²) < 4.78 is 28.3. The molecule has 0 aromatic heterocycles. The summed E-state index contributed by atoms with van der Waals surface area (Å²) in [5.74, 6) is 8.28. The molecule has 0 nitrogen and oxygen atoms in total. The van der Waals surface area contributed by atoms with Crippen LogP contribution in [0.2, 0.25) is 0 Å². The van der Waals surface area contributed by atoms with E-state index in [2.05, 4.69) is 87.7 Å². The molecule has 41 heavy (non-hydrogen) atoms. The predicted molar refractivity (Wildman–Crippen MR) is 185 cm³/mol. The molecule has 0 aliphatic rings. The van der Waals surface area contributed by atoms with Gasteiger partial charge in [-0.25, -0.2) is 8.78 Å². The van der Waals surface area contributed by atoms with Gasteiger partial charge < -0.3 is 0 Å². The van der Waals surface area contributed by atoms with E-state index in [1.807, 2.05) is 66.8 Å². The number of aryl methyl sites for hydroxylation is 4.